The number of piperidine rings is 1. The van der Waals surface area contributed by atoms with Crippen molar-refractivity contribution in [2.45, 2.75) is 38.6 Å². The maximum Gasteiger partial charge on any atom is 0.123 e. The fourth-order valence-electron chi connectivity index (χ4n) is 3.18. The van der Waals surface area contributed by atoms with Gasteiger partial charge < -0.3 is 10.6 Å². The molecular weight excluding hydrogens is 239 g/mol. The Morgan fingerprint density at radius 3 is 2.53 bits per heavy atom. The van der Waals surface area contributed by atoms with E-state index in [0.717, 1.165) is 31.5 Å². The van der Waals surface area contributed by atoms with E-state index >= 15 is 0 Å². The Morgan fingerprint density at radius 1 is 1.32 bits per heavy atom. The van der Waals surface area contributed by atoms with Gasteiger partial charge in [-0.05, 0) is 75.9 Å². The molecule has 0 aliphatic carbocycles. The zero-order valence-corrected chi connectivity index (χ0v) is 12.0. The third kappa shape index (κ3) is 3.54. The summed E-state index contributed by atoms with van der Waals surface area (Å²) >= 11 is 0. The first-order chi connectivity index (χ1) is 9.11. The Bertz CT molecular complexity index is 397. The van der Waals surface area contributed by atoms with Crippen molar-refractivity contribution in [3.05, 3.63) is 35.6 Å². The van der Waals surface area contributed by atoms with E-state index < -0.39 is 0 Å². The van der Waals surface area contributed by atoms with Gasteiger partial charge in [0.15, 0.2) is 0 Å². The predicted octanol–water partition coefficient (Wildman–Crippen LogP) is 2.99. The van der Waals surface area contributed by atoms with Crippen molar-refractivity contribution in [2.24, 2.45) is 11.7 Å². The summed E-state index contributed by atoms with van der Waals surface area (Å²) in [6.45, 7) is 7.36. The molecule has 1 unspecified atom stereocenters. The summed E-state index contributed by atoms with van der Waals surface area (Å²) in [6, 6.07) is 7.56. The van der Waals surface area contributed by atoms with Gasteiger partial charge in [0.05, 0.1) is 0 Å². The monoisotopic (exact) mass is 264 g/mol. The van der Waals surface area contributed by atoms with Crippen LogP contribution >= 0.6 is 0 Å². The van der Waals surface area contributed by atoms with E-state index in [4.69, 9.17) is 5.73 Å². The zero-order chi connectivity index (χ0) is 13.8. The first-order valence-corrected chi connectivity index (χ1v) is 7.31. The molecule has 3 heteroatoms. The second-order valence-electron chi connectivity index (χ2n) is 5.86. The van der Waals surface area contributed by atoms with Crippen LogP contribution in [0.2, 0.25) is 0 Å². The lowest BCUT2D eigenvalue weighted by Crippen LogP contribution is -2.40. The first-order valence-electron chi connectivity index (χ1n) is 7.31. The molecule has 1 aromatic carbocycles. The molecule has 0 radical (unpaired) electrons. The summed E-state index contributed by atoms with van der Waals surface area (Å²) in [7, 11) is 0. The van der Waals surface area contributed by atoms with Crippen molar-refractivity contribution >= 4 is 0 Å². The Morgan fingerprint density at radius 2 is 2.00 bits per heavy atom. The lowest BCUT2D eigenvalue weighted by atomic mass is 9.80. The molecule has 1 aromatic rings. The van der Waals surface area contributed by atoms with E-state index in [1.54, 1.807) is 12.1 Å². The molecule has 0 amide bonds. The van der Waals surface area contributed by atoms with Crippen LogP contribution in [0.5, 0.6) is 0 Å². The van der Waals surface area contributed by atoms with Crippen LogP contribution in [0, 0.1) is 11.7 Å². The predicted molar refractivity (Wildman–Crippen MR) is 77.6 cm³/mol. The number of benzene rings is 1. The second-order valence-corrected chi connectivity index (χ2v) is 5.86. The summed E-state index contributed by atoms with van der Waals surface area (Å²) in [5, 5.41) is 0. The van der Waals surface area contributed by atoms with E-state index in [-0.39, 0.29) is 5.82 Å². The van der Waals surface area contributed by atoms with Crippen LogP contribution in [0.15, 0.2) is 24.3 Å². The topological polar surface area (TPSA) is 29.3 Å². The summed E-state index contributed by atoms with van der Waals surface area (Å²) < 4.78 is 13.3. The Labute approximate surface area is 115 Å². The normalized spacial score (nSPS) is 19.8. The molecule has 1 fully saturated rings. The van der Waals surface area contributed by atoms with Gasteiger partial charge in [0.1, 0.15) is 5.82 Å². The fourth-order valence-corrected chi connectivity index (χ4v) is 3.18. The van der Waals surface area contributed by atoms with Gasteiger partial charge in [-0.3, -0.25) is 0 Å². The molecule has 2 nitrogen and oxygen atoms in total. The third-order valence-electron chi connectivity index (χ3n) is 4.40. The van der Waals surface area contributed by atoms with Gasteiger partial charge in [-0.2, -0.15) is 0 Å². The van der Waals surface area contributed by atoms with Crippen LogP contribution in [0.4, 0.5) is 4.39 Å². The molecule has 106 valence electrons. The Kier molecular flexibility index (Phi) is 4.94. The number of rotatable bonds is 4. The van der Waals surface area contributed by atoms with Crippen molar-refractivity contribution in [3.63, 3.8) is 0 Å². The average Bonchev–Trinajstić information content (AvgIpc) is 2.40. The van der Waals surface area contributed by atoms with E-state index in [0.29, 0.717) is 24.4 Å². The van der Waals surface area contributed by atoms with Crippen LogP contribution in [0.3, 0.4) is 0 Å². The van der Waals surface area contributed by atoms with Crippen molar-refractivity contribution < 1.29 is 4.39 Å². The summed E-state index contributed by atoms with van der Waals surface area (Å²) in [5.74, 6) is 0.724. The third-order valence-corrected chi connectivity index (χ3v) is 4.40. The van der Waals surface area contributed by atoms with Gasteiger partial charge in [-0.25, -0.2) is 4.39 Å². The zero-order valence-electron chi connectivity index (χ0n) is 12.0. The van der Waals surface area contributed by atoms with Crippen LogP contribution in [0.1, 0.15) is 38.2 Å². The standard InChI is InChI=1S/C16H25FN2/c1-12(2)19-8-6-13(7-9-19)16(11-18)14-4-3-5-15(17)10-14/h3-5,10,12-13,16H,6-9,11,18H2,1-2H3. The Balaban J connectivity index is 2.03. The summed E-state index contributed by atoms with van der Waals surface area (Å²) in [5.41, 5.74) is 7.00. The van der Waals surface area contributed by atoms with Gasteiger partial charge in [-0.15, -0.1) is 0 Å². The largest absolute Gasteiger partial charge is 0.330 e. The van der Waals surface area contributed by atoms with Gasteiger partial charge >= 0.3 is 0 Å². The van der Waals surface area contributed by atoms with Crippen LogP contribution in [-0.2, 0) is 0 Å². The number of hydrogen-bond donors (Lipinski definition) is 1. The highest BCUT2D eigenvalue weighted by Crippen LogP contribution is 2.32. The second kappa shape index (κ2) is 6.49. The number of halogens is 1. The Hall–Kier alpha value is -0.930. The lowest BCUT2D eigenvalue weighted by Gasteiger charge is -2.37. The minimum absolute atomic E-state index is 0.157. The molecular formula is C16H25FN2. The molecule has 1 saturated heterocycles. The molecule has 1 atom stereocenters. The molecule has 1 aliphatic heterocycles. The van der Waals surface area contributed by atoms with Gasteiger partial charge in [-0.1, -0.05) is 12.1 Å². The minimum Gasteiger partial charge on any atom is -0.330 e. The maximum absolute atomic E-state index is 13.3. The highest BCUT2D eigenvalue weighted by Gasteiger charge is 2.27. The van der Waals surface area contributed by atoms with E-state index in [2.05, 4.69) is 18.7 Å². The first kappa shape index (κ1) is 14.5. The highest BCUT2D eigenvalue weighted by molar-refractivity contribution is 5.22. The van der Waals surface area contributed by atoms with Crippen molar-refractivity contribution in [1.82, 2.24) is 4.90 Å². The molecule has 1 heterocycles. The molecule has 1 aliphatic rings. The average molecular weight is 264 g/mol. The smallest absolute Gasteiger partial charge is 0.123 e. The molecule has 0 spiro atoms. The number of likely N-dealkylation sites (tertiary alicyclic amines) is 1. The number of nitrogens with zero attached hydrogens (tertiary/aromatic N) is 1. The fraction of sp³-hybridized carbons (Fsp3) is 0.625. The molecule has 19 heavy (non-hydrogen) atoms. The van der Waals surface area contributed by atoms with Crippen LogP contribution < -0.4 is 5.73 Å². The lowest BCUT2D eigenvalue weighted by molar-refractivity contribution is 0.138. The highest BCUT2D eigenvalue weighted by atomic mass is 19.1. The van der Waals surface area contributed by atoms with Gasteiger partial charge in [0.25, 0.3) is 0 Å². The maximum atomic E-state index is 13.3. The molecule has 0 aromatic heterocycles. The molecule has 0 bridgehead atoms. The molecule has 0 saturated carbocycles. The number of hydrogen-bond acceptors (Lipinski definition) is 2. The quantitative estimate of drug-likeness (QED) is 0.906. The SMILES string of the molecule is CC(C)N1CCC(C(CN)c2cccc(F)c2)CC1. The summed E-state index contributed by atoms with van der Waals surface area (Å²) in [6.07, 6.45) is 2.33. The van der Waals surface area contributed by atoms with E-state index in [1.165, 1.54) is 6.07 Å². The minimum atomic E-state index is -0.157. The van der Waals surface area contributed by atoms with Crippen molar-refractivity contribution in [1.29, 1.82) is 0 Å². The van der Waals surface area contributed by atoms with E-state index in [9.17, 15) is 4.39 Å². The van der Waals surface area contributed by atoms with E-state index in [1.807, 2.05) is 6.07 Å². The molecule has 2 rings (SSSR count). The summed E-state index contributed by atoms with van der Waals surface area (Å²) in [4.78, 5) is 2.51. The number of nitrogens with two attached hydrogens (primary N) is 1. The van der Waals surface area contributed by atoms with Gasteiger partial charge in [0.2, 0.25) is 0 Å². The van der Waals surface area contributed by atoms with Crippen LogP contribution in [-0.4, -0.2) is 30.6 Å². The van der Waals surface area contributed by atoms with Gasteiger partial charge in [0, 0.05) is 6.04 Å². The van der Waals surface area contributed by atoms with Crippen molar-refractivity contribution in [3.8, 4) is 0 Å². The van der Waals surface area contributed by atoms with Crippen LogP contribution in [0.25, 0.3) is 0 Å². The van der Waals surface area contributed by atoms with Crippen molar-refractivity contribution in [2.75, 3.05) is 19.6 Å². The molecule has 2 N–H and O–H groups in total.